The van der Waals surface area contributed by atoms with E-state index in [1.807, 2.05) is 56.0 Å². The number of benzene rings is 2. The lowest BCUT2D eigenvalue weighted by Gasteiger charge is -2.38. The Labute approximate surface area is 307 Å². The Morgan fingerprint density at radius 1 is 0.755 bits per heavy atom. The number of hydrogen-bond acceptors (Lipinski definition) is 8. The van der Waals surface area contributed by atoms with Crippen LogP contribution in [0.2, 0.25) is 10.4 Å². The van der Waals surface area contributed by atoms with Crippen LogP contribution >= 0.6 is 45.9 Å². The minimum Gasteiger partial charge on any atom is -0.425 e. The predicted octanol–water partition coefficient (Wildman–Crippen LogP) is 3.78. The maximum Gasteiger partial charge on any atom is 0.308 e. The van der Waals surface area contributed by atoms with Crippen LogP contribution in [0.4, 0.5) is 11.4 Å². The van der Waals surface area contributed by atoms with Gasteiger partial charge in [0.05, 0.1) is 20.8 Å². The zero-order valence-corrected chi connectivity index (χ0v) is 32.1. The molecule has 0 fully saturated rings. The van der Waals surface area contributed by atoms with Gasteiger partial charge in [-0.3, -0.25) is 19.2 Å². The summed E-state index contributed by atoms with van der Waals surface area (Å²) in [5.74, 6) is 0.112. The molecule has 4 aromatic rings. The minimum atomic E-state index is -0.969. The summed E-state index contributed by atoms with van der Waals surface area (Å²) >= 11 is 16.0. The molecule has 4 heterocycles. The van der Waals surface area contributed by atoms with E-state index >= 15 is 0 Å². The number of amides is 2. The van der Waals surface area contributed by atoms with Gasteiger partial charge in [-0.05, 0) is 57.3 Å². The van der Waals surface area contributed by atoms with E-state index in [4.69, 9.17) is 32.7 Å². The number of fused-ring (bicyclic) bond motifs is 6. The van der Waals surface area contributed by atoms with Gasteiger partial charge in [0.25, 0.3) is 0 Å². The van der Waals surface area contributed by atoms with E-state index in [0.717, 1.165) is 42.4 Å². The largest absolute Gasteiger partial charge is 0.425 e. The van der Waals surface area contributed by atoms with E-state index < -0.39 is 22.4 Å². The molecule has 2 aromatic carbocycles. The van der Waals surface area contributed by atoms with E-state index in [9.17, 15) is 19.2 Å². The van der Waals surface area contributed by atoms with Gasteiger partial charge in [-0.25, -0.2) is 0 Å². The smallest absolute Gasteiger partial charge is 0.308 e. The van der Waals surface area contributed by atoms with Crippen molar-refractivity contribution in [3.05, 3.63) is 45.1 Å². The van der Waals surface area contributed by atoms with Crippen LogP contribution < -0.4 is 19.3 Å². The third-order valence-corrected chi connectivity index (χ3v) is 12.6. The standard InChI is InChI=1S/C33H36B4Cl2N2O6S2/c1-14-11-48-28-22(46-16(3)42)5-20-26(24(14)28)18(7-38)9-40(20)30(44)32(34,35)13-33(36,37)31(45)41-10-19(8-39)27-21(41)6-23(47-17(4)43)29-25(27)15(2)12-49-29/h5-6,11-12,18-19H,7-10,13,34-37H2,1-4H3/t18-,19-/m1/s1. The topological polar surface area (TPSA) is 93.2 Å². The summed E-state index contributed by atoms with van der Waals surface area (Å²) in [4.78, 5) is 56.8. The third-order valence-electron chi connectivity index (χ3n) is 9.64. The number of halogens is 2. The van der Waals surface area contributed by atoms with Crippen LogP contribution in [0.5, 0.6) is 11.5 Å². The van der Waals surface area contributed by atoms with Crippen molar-refractivity contribution in [2.24, 2.45) is 0 Å². The zero-order valence-electron chi connectivity index (χ0n) is 28.9. The first-order chi connectivity index (χ1) is 23.0. The molecular formula is C33H36B4Cl2N2O6S2. The van der Waals surface area contributed by atoms with Crippen molar-refractivity contribution in [1.29, 1.82) is 0 Å². The quantitative estimate of drug-likeness (QED) is 0.119. The fourth-order valence-electron chi connectivity index (χ4n) is 7.89. The van der Waals surface area contributed by atoms with E-state index in [0.29, 0.717) is 47.7 Å². The third kappa shape index (κ3) is 6.10. The van der Waals surface area contributed by atoms with Crippen molar-refractivity contribution < 1.29 is 28.7 Å². The zero-order chi connectivity index (χ0) is 35.7. The molecule has 2 aromatic heterocycles. The van der Waals surface area contributed by atoms with Gasteiger partial charge in [0, 0.05) is 73.4 Å². The van der Waals surface area contributed by atoms with Gasteiger partial charge >= 0.3 is 11.9 Å². The molecular weight excluding hydrogens is 699 g/mol. The van der Waals surface area contributed by atoms with Crippen molar-refractivity contribution >= 4 is 133 Å². The molecule has 252 valence electrons. The maximum absolute atomic E-state index is 14.6. The van der Waals surface area contributed by atoms with E-state index in [1.165, 1.54) is 36.5 Å². The molecule has 0 bridgehead atoms. The molecule has 0 N–H and O–H groups in total. The van der Waals surface area contributed by atoms with Gasteiger partial charge in [-0.1, -0.05) is 6.42 Å². The molecule has 6 rings (SSSR count). The Hall–Kier alpha value is -2.92. The highest BCUT2D eigenvalue weighted by atomic mass is 35.5. The summed E-state index contributed by atoms with van der Waals surface area (Å²) in [6.45, 7) is 7.51. The second kappa shape index (κ2) is 13.0. The molecule has 0 spiro atoms. The Morgan fingerprint density at radius 2 is 1.12 bits per heavy atom. The summed E-state index contributed by atoms with van der Waals surface area (Å²) in [6.07, 6.45) is 0.249. The van der Waals surface area contributed by atoms with Gasteiger partial charge in [-0.15, -0.1) is 45.9 Å². The molecule has 2 atom stereocenters. The fraction of sp³-hybridized carbons (Fsp3) is 0.394. The fourth-order valence-corrected chi connectivity index (χ4v) is 10.4. The first-order valence-corrected chi connectivity index (χ1v) is 19.1. The van der Waals surface area contributed by atoms with Gasteiger partial charge < -0.3 is 19.3 Å². The van der Waals surface area contributed by atoms with E-state index in [-0.39, 0.29) is 30.1 Å². The Kier molecular flexibility index (Phi) is 9.52. The number of hydrogen-bond donors (Lipinski definition) is 0. The molecule has 49 heavy (non-hydrogen) atoms. The van der Waals surface area contributed by atoms with Crippen molar-refractivity contribution in [2.45, 2.75) is 56.4 Å². The second-order valence-electron chi connectivity index (χ2n) is 14.5. The molecule has 2 amide bonds. The molecule has 2 aliphatic heterocycles. The molecule has 2 aliphatic rings. The normalized spacial score (nSPS) is 17.4. The number of rotatable bonds is 8. The van der Waals surface area contributed by atoms with Crippen LogP contribution in [0.1, 0.15) is 54.4 Å². The Bertz CT molecular complexity index is 1920. The summed E-state index contributed by atoms with van der Waals surface area (Å²) in [6, 6.07) is 3.57. The summed E-state index contributed by atoms with van der Waals surface area (Å²) in [7, 11) is 7.48. The number of ether oxygens (including phenoxy) is 2. The van der Waals surface area contributed by atoms with Crippen LogP contribution in [-0.2, 0) is 19.2 Å². The molecule has 16 heteroatoms. The van der Waals surface area contributed by atoms with Crippen molar-refractivity contribution in [1.82, 2.24) is 0 Å². The molecule has 8 nitrogen and oxygen atoms in total. The van der Waals surface area contributed by atoms with Crippen LogP contribution in [0.3, 0.4) is 0 Å². The lowest BCUT2D eigenvalue weighted by atomic mass is 9.40. The average molecular weight is 735 g/mol. The highest BCUT2D eigenvalue weighted by Gasteiger charge is 2.47. The van der Waals surface area contributed by atoms with Gasteiger partial charge in [0.1, 0.15) is 31.4 Å². The lowest BCUT2D eigenvalue weighted by molar-refractivity contribution is -0.132. The van der Waals surface area contributed by atoms with Gasteiger partial charge in [-0.2, -0.15) is 0 Å². The SMILES string of the molecule is BC(B)(CC(B)(B)C(=O)N1C[C@@H](CCl)c2c1cc(OC(C)=O)c1scc(C)c21)C(=O)N1C[C@@H](CCl)c2c1cc(OC(C)=O)c1scc(C)c21. The molecule has 0 saturated carbocycles. The number of aryl methyl sites for hydroxylation is 2. The van der Waals surface area contributed by atoms with Crippen molar-refractivity contribution in [2.75, 3.05) is 34.6 Å². The summed E-state index contributed by atoms with van der Waals surface area (Å²) in [5, 5.41) is 4.05. The van der Waals surface area contributed by atoms with Crippen molar-refractivity contribution in [3.63, 3.8) is 0 Å². The van der Waals surface area contributed by atoms with Crippen LogP contribution in [0.25, 0.3) is 20.2 Å². The van der Waals surface area contributed by atoms with Crippen LogP contribution in [0, 0.1) is 13.8 Å². The van der Waals surface area contributed by atoms with Crippen LogP contribution in [0.15, 0.2) is 22.9 Å². The Balaban J connectivity index is 1.35. The molecule has 0 radical (unpaired) electrons. The van der Waals surface area contributed by atoms with Gasteiger partial charge in [0.2, 0.25) is 11.8 Å². The van der Waals surface area contributed by atoms with Crippen LogP contribution in [-0.4, -0.2) is 80.0 Å². The highest BCUT2D eigenvalue weighted by molar-refractivity contribution is 7.18. The number of alkyl halides is 2. The van der Waals surface area contributed by atoms with Gasteiger partial charge in [0.15, 0.2) is 11.5 Å². The summed E-state index contributed by atoms with van der Waals surface area (Å²) < 4.78 is 13.0. The first kappa shape index (κ1) is 35.9. The molecule has 0 saturated heterocycles. The van der Waals surface area contributed by atoms with E-state index in [1.54, 1.807) is 21.9 Å². The average Bonchev–Trinajstić information content (AvgIpc) is 3.78. The Morgan fingerprint density at radius 3 is 1.45 bits per heavy atom. The second-order valence-corrected chi connectivity index (χ2v) is 16.9. The van der Waals surface area contributed by atoms with Crippen molar-refractivity contribution in [3.8, 4) is 11.5 Å². The lowest BCUT2D eigenvalue weighted by Crippen LogP contribution is -2.47. The highest BCUT2D eigenvalue weighted by Crippen LogP contribution is 2.53. The number of thiophene rings is 2. The number of nitrogens with zero attached hydrogens (tertiary/aromatic N) is 2. The molecule has 0 unspecified atom stereocenters. The number of esters is 2. The van der Waals surface area contributed by atoms with E-state index in [2.05, 4.69) is 0 Å². The molecule has 0 aliphatic carbocycles. The first-order valence-electron chi connectivity index (χ1n) is 16.2. The number of carbonyl (C=O) groups excluding carboxylic acids is 4. The number of anilines is 2. The number of carbonyl (C=O) groups is 4. The predicted molar refractivity (Wildman–Crippen MR) is 212 cm³/mol. The summed E-state index contributed by atoms with van der Waals surface area (Å²) in [5.41, 5.74) is 5.41. The monoisotopic (exact) mass is 734 g/mol. The maximum atomic E-state index is 14.6. The minimum absolute atomic E-state index is 0.106.